The molecular formula is C30H23ClN2O4. The third-order valence-electron chi connectivity index (χ3n) is 6.66. The van der Waals surface area contributed by atoms with E-state index in [1.807, 2.05) is 84.9 Å². The second-order valence-electron chi connectivity index (χ2n) is 8.99. The highest BCUT2D eigenvalue weighted by molar-refractivity contribution is 6.31. The maximum atomic E-state index is 13.7. The molecule has 2 amide bonds. The summed E-state index contributed by atoms with van der Waals surface area (Å²) in [4.78, 5) is 34.5. The first-order chi connectivity index (χ1) is 18.1. The van der Waals surface area contributed by atoms with E-state index in [1.54, 1.807) is 29.3 Å². The summed E-state index contributed by atoms with van der Waals surface area (Å²) in [5, 5.41) is 2.13. The van der Waals surface area contributed by atoms with Crippen molar-refractivity contribution < 1.29 is 19.2 Å². The number of halogens is 1. The lowest BCUT2D eigenvalue weighted by Gasteiger charge is -2.29. The summed E-state index contributed by atoms with van der Waals surface area (Å²) in [7, 11) is 0. The van der Waals surface area contributed by atoms with E-state index in [2.05, 4.69) is 0 Å². The summed E-state index contributed by atoms with van der Waals surface area (Å²) >= 11 is 6.15. The molecule has 0 unspecified atom stereocenters. The number of fused-ring (bicyclic) bond motifs is 1. The number of hydroxylamine groups is 1. The Kier molecular flexibility index (Phi) is 6.12. The van der Waals surface area contributed by atoms with Gasteiger partial charge in [-0.05, 0) is 53.6 Å². The van der Waals surface area contributed by atoms with Gasteiger partial charge in [-0.15, -0.1) is 0 Å². The Bertz CT molecular complexity index is 1430. The number of hydrogen-bond donors (Lipinski definition) is 0. The van der Waals surface area contributed by atoms with Gasteiger partial charge >= 0.3 is 0 Å². The third kappa shape index (κ3) is 4.35. The predicted octanol–water partition coefficient (Wildman–Crippen LogP) is 5.97. The van der Waals surface area contributed by atoms with Gasteiger partial charge in [0.15, 0.2) is 6.10 Å². The fourth-order valence-corrected chi connectivity index (χ4v) is 5.11. The summed E-state index contributed by atoms with van der Waals surface area (Å²) in [6, 6.07) is 33.3. The largest absolute Gasteiger partial charge is 0.489 e. The molecule has 0 saturated carbocycles. The van der Waals surface area contributed by atoms with E-state index in [1.165, 1.54) is 4.90 Å². The van der Waals surface area contributed by atoms with Gasteiger partial charge in [0, 0.05) is 5.02 Å². The van der Waals surface area contributed by atoms with Crippen LogP contribution in [-0.2, 0) is 21.0 Å². The minimum absolute atomic E-state index is 0.315. The van der Waals surface area contributed by atoms with Gasteiger partial charge in [0.1, 0.15) is 18.3 Å². The number of amides is 2. The molecule has 0 radical (unpaired) electrons. The zero-order valence-electron chi connectivity index (χ0n) is 19.7. The monoisotopic (exact) mass is 510 g/mol. The molecule has 2 saturated heterocycles. The van der Waals surface area contributed by atoms with E-state index in [4.69, 9.17) is 21.2 Å². The number of ether oxygens (including phenoxy) is 1. The molecule has 2 aliphatic heterocycles. The van der Waals surface area contributed by atoms with Crippen LogP contribution in [0.1, 0.15) is 17.2 Å². The molecule has 2 aliphatic rings. The molecule has 184 valence electrons. The molecule has 0 N–H and O–H groups in total. The van der Waals surface area contributed by atoms with Gasteiger partial charge in [0.2, 0.25) is 5.91 Å². The number of nitrogens with zero attached hydrogens (tertiary/aromatic N) is 2. The van der Waals surface area contributed by atoms with Gasteiger partial charge < -0.3 is 4.74 Å². The Morgan fingerprint density at radius 1 is 0.757 bits per heavy atom. The first-order valence-electron chi connectivity index (χ1n) is 12.0. The van der Waals surface area contributed by atoms with Gasteiger partial charge in [0.25, 0.3) is 5.91 Å². The average Bonchev–Trinajstić information content (AvgIpc) is 3.44. The SMILES string of the molecule is O=C1[C@@H]2[C@@H](c3ccc(OCc4ccccc4)cc3)N(c3ccccc3)O[C@H]2C(=O)N1c1cccc(Cl)c1. The molecule has 2 heterocycles. The zero-order valence-corrected chi connectivity index (χ0v) is 20.5. The molecule has 4 aromatic rings. The number of benzene rings is 4. The van der Waals surface area contributed by atoms with Crippen molar-refractivity contribution in [2.75, 3.05) is 9.96 Å². The molecule has 4 aromatic carbocycles. The van der Waals surface area contributed by atoms with Crippen LogP contribution in [-0.4, -0.2) is 17.9 Å². The van der Waals surface area contributed by atoms with Gasteiger partial charge in [-0.3, -0.25) is 14.4 Å². The van der Waals surface area contributed by atoms with Crippen LogP contribution in [0.25, 0.3) is 0 Å². The van der Waals surface area contributed by atoms with Crippen LogP contribution in [0.2, 0.25) is 5.02 Å². The van der Waals surface area contributed by atoms with Gasteiger partial charge in [0.05, 0.1) is 17.4 Å². The predicted molar refractivity (Wildman–Crippen MR) is 141 cm³/mol. The lowest BCUT2D eigenvalue weighted by atomic mass is 9.90. The number of imide groups is 1. The van der Waals surface area contributed by atoms with Gasteiger partial charge in [-0.2, -0.15) is 0 Å². The number of rotatable bonds is 6. The highest BCUT2D eigenvalue weighted by Crippen LogP contribution is 2.47. The van der Waals surface area contributed by atoms with E-state index in [0.717, 1.165) is 16.8 Å². The number of carbonyl (C=O) groups excluding carboxylic acids is 2. The Balaban J connectivity index is 1.32. The molecule has 6 rings (SSSR count). The standard InChI is InChI=1S/C30H23ClN2O4/c31-22-10-7-13-24(18-22)32-29(34)26-27(33(37-28(26)30(32)35)23-11-5-2-6-12-23)21-14-16-25(17-15-21)36-19-20-8-3-1-4-9-20/h1-18,26-28H,19H2/t26-,27-,28-/m1/s1. The van der Waals surface area contributed by atoms with Crippen molar-refractivity contribution in [3.63, 3.8) is 0 Å². The zero-order chi connectivity index (χ0) is 25.4. The summed E-state index contributed by atoms with van der Waals surface area (Å²) in [5.41, 5.74) is 3.12. The van der Waals surface area contributed by atoms with Gasteiger partial charge in [-0.1, -0.05) is 78.3 Å². The highest BCUT2D eigenvalue weighted by Gasteiger charge is 2.60. The van der Waals surface area contributed by atoms with E-state index < -0.39 is 24.0 Å². The Labute approximate surface area is 219 Å². The summed E-state index contributed by atoms with van der Waals surface area (Å²) < 4.78 is 5.95. The van der Waals surface area contributed by atoms with Crippen LogP contribution in [0.5, 0.6) is 5.75 Å². The second kappa shape index (κ2) is 9.73. The quantitative estimate of drug-likeness (QED) is 0.299. The van der Waals surface area contributed by atoms with E-state index in [0.29, 0.717) is 23.1 Å². The van der Waals surface area contributed by atoms with Crippen molar-refractivity contribution in [2.45, 2.75) is 18.8 Å². The first-order valence-corrected chi connectivity index (χ1v) is 12.4. The van der Waals surface area contributed by atoms with Crippen molar-refractivity contribution in [1.82, 2.24) is 0 Å². The molecule has 0 aliphatic carbocycles. The minimum atomic E-state index is -0.939. The maximum absolute atomic E-state index is 13.7. The second-order valence-corrected chi connectivity index (χ2v) is 9.43. The number of anilines is 2. The molecule has 7 heteroatoms. The molecule has 37 heavy (non-hydrogen) atoms. The van der Waals surface area contributed by atoms with Crippen molar-refractivity contribution in [1.29, 1.82) is 0 Å². The van der Waals surface area contributed by atoms with Crippen LogP contribution >= 0.6 is 11.6 Å². The van der Waals surface area contributed by atoms with E-state index in [-0.39, 0.29) is 5.91 Å². The smallest absolute Gasteiger partial charge is 0.266 e. The molecule has 3 atom stereocenters. The molecule has 6 nitrogen and oxygen atoms in total. The highest BCUT2D eigenvalue weighted by atomic mass is 35.5. The van der Waals surface area contributed by atoms with E-state index >= 15 is 0 Å². The average molecular weight is 511 g/mol. The topological polar surface area (TPSA) is 59.1 Å². The third-order valence-corrected chi connectivity index (χ3v) is 6.90. The summed E-state index contributed by atoms with van der Waals surface area (Å²) in [5.74, 6) is -0.722. The number of hydrogen-bond acceptors (Lipinski definition) is 5. The minimum Gasteiger partial charge on any atom is -0.489 e. The maximum Gasteiger partial charge on any atom is 0.266 e. The van der Waals surface area contributed by atoms with Crippen LogP contribution in [0, 0.1) is 5.92 Å². The number of para-hydroxylation sites is 1. The van der Waals surface area contributed by atoms with Crippen LogP contribution in [0.4, 0.5) is 11.4 Å². The Hall–Kier alpha value is -4.13. The Morgan fingerprint density at radius 2 is 1.43 bits per heavy atom. The normalized spacial score (nSPS) is 20.8. The number of carbonyl (C=O) groups is 2. The van der Waals surface area contributed by atoms with Crippen molar-refractivity contribution in [3.8, 4) is 5.75 Å². The Morgan fingerprint density at radius 3 is 2.14 bits per heavy atom. The fraction of sp³-hybridized carbons (Fsp3) is 0.133. The van der Waals surface area contributed by atoms with Crippen molar-refractivity contribution in [3.05, 3.63) is 125 Å². The van der Waals surface area contributed by atoms with Crippen molar-refractivity contribution >= 4 is 34.8 Å². The molecular weight excluding hydrogens is 488 g/mol. The first kappa shape index (κ1) is 23.3. The summed E-state index contributed by atoms with van der Waals surface area (Å²) in [6.45, 7) is 0.454. The van der Waals surface area contributed by atoms with Crippen molar-refractivity contribution in [2.24, 2.45) is 5.92 Å². The summed E-state index contributed by atoms with van der Waals surface area (Å²) in [6.07, 6.45) is -0.939. The van der Waals surface area contributed by atoms with Crippen LogP contribution in [0.15, 0.2) is 109 Å². The fourth-order valence-electron chi connectivity index (χ4n) is 4.92. The molecule has 0 bridgehead atoms. The lowest BCUT2D eigenvalue weighted by molar-refractivity contribution is -0.126. The van der Waals surface area contributed by atoms with E-state index in [9.17, 15) is 9.59 Å². The molecule has 2 fully saturated rings. The van der Waals surface area contributed by atoms with Crippen LogP contribution in [0.3, 0.4) is 0 Å². The molecule has 0 aromatic heterocycles. The molecule has 0 spiro atoms. The van der Waals surface area contributed by atoms with Crippen LogP contribution < -0.4 is 14.7 Å². The lowest BCUT2D eigenvalue weighted by Crippen LogP contribution is -2.37. The van der Waals surface area contributed by atoms with Gasteiger partial charge in [-0.25, -0.2) is 9.96 Å².